The standard InChI is InChI=1S/C15H20O2/c1-3-5-6-7-11-14(16)13-10-8-9-12-15(13)17-4-2/h8-10,12,14,16H,3-6H2,1-2H3/t14-/m0/s1. The highest BCUT2D eigenvalue weighted by molar-refractivity contribution is 5.38. The zero-order valence-corrected chi connectivity index (χ0v) is 10.6. The largest absolute Gasteiger partial charge is 0.493 e. The maximum Gasteiger partial charge on any atom is 0.143 e. The molecule has 0 spiro atoms. The van der Waals surface area contributed by atoms with Crippen LogP contribution in [0.5, 0.6) is 5.75 Å². The third kappa shape index (κ3) is 4.50. The van der Waals surface area contributed by atoms with Crippen molar-refractivity contribution >= 4 is 0 Å². The average molecular weight is 232 g/mol. The predicted octanol–water partition coefficient (Wildman–Crippen LogP) is 3.31. The lowest BCUT2D eigenvalue weighted by Gasteiger charge is -2.11. The van der Waals surface area contributed by atoms with Crippen LogP contribution in [0.2, 0.25) is 0 Å². The average Bonchev–Trinajstić information content (AvgIpc) is 2.35. The van der Waals surface area contributed by atoms with E-state index in [1.807, 2.05) is 31.2 Å². The zero-order valence-electron chi connectivity index (χ0n) is 10.6. The van der Waals surface area contributed by atoms with Gasteiger partial charge in [0.05, 0.1) is 6.61 Å². The number of ether oxygens (including phenoxy) is 1. The van der Waals surface area contributed by atoms with Crippen molar-refractivity contribution in [2.75, 3.05) is 6.61 Å². The van der Waals surface area contributed by atoms with Crippen LogP contribution in [-0.2, 0) is 0 Å². The first-order chi connectivity index (χ1) is 8.29. The third-order valence-electron chi connectivity index (χ3n) is 2.41. The van der Waals surface area contributed by atoms with Gasteiger partial charge < -0.3 is 9.84 Å². The van der Waals surface area contributed by atoms with Crippen LogP contribution in [0.15, 0.2) is 24.3 Å². The van der Waals surface area contributed by atoms with Crippen molar-refractivity contribution in [3.05, 3.63) is 29.8 Å². The fourth-order valence-electron chi connectivity index (χ4n) is 1.51. The first kappa shape index (κ1) is 13.6. The number of hydrogen-bond donors (Lipinski definition) is 1. The van der Waals surface area contributed by atoms with Crippen LogP contribution in [0, 0.1) is 11.8 Å². The van der Waals surface area contributed by atoms with E-state index in [2.05, 4.69) is 18.8 Å². The lowest BCUT2D eigenvalue weighted by atomic mass is 10.1. The molecule has 1 aromatic carbocycles. The van der Waals surface area contributed by atoms with E-state index < -0.39 is 6.10 Å². The molecule has 0 heterocycles. The number of aliphatic hydroxyl groups excluding tert-OH is 1. The fraction of sp³-hybridized carbons (Fsp3) is 0.467. The van der Waals surface area contributed by atoms with E-state index in [-0.39, 0.29) is 0 Å². The summed E-state index contributed by atoms with van der Waals surface area (Å²) < 4.78 is 5.46. The Kier molecular flexibility index (Phi) is 6.21. The molecule has 1 atom stereocenters. The lowest BCUT2D eigenvalue weighted by Crippen LogP contribution is -2.00. The Morgan fingerprint density at radius 2 is 2.06 bits per heavy atom. The first-order valence-electron chi connectivity index (χ1n) is 6.17. The topological polar surface area (TPSA) is 29.5 Å². The van der Waals surface area contributed by atoms with Gasteiger partial charge in [0.15, 0.2) is 0 Å². The molecule has 17 heavy (non-hydrogen) atoms. The molecule has 0 saturated carbocycles. The monoisotopic (exact) mass is 232 g/mol. The zero-order chi connectivity index (χ0) is 12.5. The highest BCUT2D eigenvalue weighted by atomic mass is 16.5. The number of aliphatic hydroxyl groups is 1. The number of unbranched alkanes of at least 4 members (excludes halogenated alkanes) is 2. The van der Waals surface area contributed by atoms with Crippen LogP contribution in [0.4, 0.5) is 0 Å². The molecule has 2 nitrogen and oxygen atoms in total. The summed E-state index contributed by atoms with van der Waals surface area (Å²) in [5.41, 5.74) is 0.748. The van der Waals surface area contributed by atoms with E-state index in [9.17, 15) is 5.11 Å². The fourth-order valence-corrected chi connectivity index (χ4v) is 1.51. The summed E-state index contributed by atoms with van der Waals surface area (Å²) in [6.07, 6.45) is 2.28. The summed E-state index contributed by atoms with van der Waals surface area (Å²) >= 11 is 0. The normalized spacial score (nSPS) is 11.5. The molecule has 2 heteroatoms. The molecule has 0 unspecified atom stereocenters. The van der Waals surface area contributed by atoms with Crippen molar-refractivity contribution in [2.24, 2.45) is 0 Å². The molecule has 0 bridgehead atoms. The molecule has 0 aliphatic rings. The summed E-state index contributed by atoms with van der Waals surface area (Å²) in [7, 11) is 0. The molecule has 0 amide bonds. The molecular formula is C15H20O2. The number of hydrogen-bond acceptors (Lipinski definition) is 2. The lowest BCUT2D eigenvalue weighted by molar-refractivity contribution is 0.228. The molecule has 1 aromatic rings. The number of benzene rings is 1. The quantitative estimate of drug-likeness (QED) is 0.623. The second-order valence-corrected chi connectivity index (χ2v) is 3.80. The van der Waals surface area contributed by atoms with Crippen LogP contribution < -0.4 is 4.74 Å². The third-order valence-corrected chi connectivity index (χ3v) is 2.41. The van der Waals surface area contributed by atoms with Gasteiger partial charge in [-0.25, -0.2) is 0 Å². The molecule has 0 aromatic heterocycles. The summed E-state index contributed by atoms with van der Waals surface area (Å²) in [5.74, 6) is 6.57. The van der Waals surface area contributed by atoms with Gasteiger partial charge in [0.1, 0.15) is 11.9 Å². The van der Waals surface area contributed by atoms with Crippen molar-refractivity contribution in [1.29, 1.82) is 0 Å². The van der Waals surface area contributed by atoms with Gasteiger partial charge in [0.25, 0.3) is 0 Å². The minimum atomic E-state index is -0.755. The Bertz CT molecular complexity index is 387. The molecule has 0 aliphatic carbocycles. The van der Waals surface area contributed by atoms with E-state index in [1.54, 1.807) is 0 Å². The van der Waals surface area contributed by atoms with Gasteiger partial charge in [-0.2, -0.15) is 0 Å². The minimum Gasteiger partial charge on any atom is -0.493 e. The van der Waals surface area contributed by atoms with Crippen molar-refractivity contribution < 1.29 is 9.84 Å². The van der Waals surface area contributed by atoms with Crippen molar-refractivity contribution in [3.8, 4) is 17.6 Å². The number of para-hydroxylation sites is 1. The Morgan fingerprint density at radius 3 is 2.76 bits per heavy atom. The Hall–Kier alpha value is -1.46. The predicted molar refractivity (Wildman–Crippen MR) is 69.9 cm³/mol. The Morgan fingerprint density at radius 1 is 1.29 bits per heavy atom. The van der Waals surface area contributed by atoms with Gasteiger partial charge in [-0.3, -0.25) is 0 Å². The molecule has 92 valence electrons. The maximum absolute atomic E-state index is 9.97. The van der Waals surface area contributed by atoms with E-state index in [0.717, 1.165) is 24.8 Å². The van der Waals surface area contributed by atoms with Crippen LogP contribution in [0.3, 0.4) is 0 Å². The molecule has 0 radical (unpaired) electrons. The summed E-state index contributed by atoms with van der Waals surface area (Å²) in [4.78, 5) is 0. The van der Waals surface area contributed by atoms with Crippen LogP contribution in [-0.4, -0.2) is 11.7 Å². The van der Waals surface area contributed by atoms with E-state index in [1.165, 1.54) is 0 Å². The van der Waals surface area contributed by atoms with Crippen molar-refractivity contribution in [2.45, 2.75) is 39.2 Å². The van der Waals surface area contributed by atoms with Gasteiger partial charge in [0.2, 0.25) is 0 Å². The summed E-state index contributed by atoms with van der Waals surface area (Å²) in [6.45, 7) is 4.64. The first-order valence-corrected chi connectivity index (χ1v) is 6.17. The summed E-state index contributed by atoms with van der Waals surface area (Å²) in [5, 5.41) is 9.97. The molecule has 0 fully saturated rings. The molecular weight excluding hydrogens is 212 g/mol. The van der Waals surface area contributed by atoms with Gasteiger partial charge in [0, 0.05) is 12.0 Å². The molecule has 0 saturated heterocycles. The van der Waals surface area contributed by atoms with E-state index >= 15 is 0 Å². The molecule has 0 aliphatic heterocycles. The second kappa shape index (κ2) is 7.76. The molecule has 1 N–H and O–H groups in total. The highest BCUT2D eigenvalue weighted by Gasteiger charge is 2.09. The SMILES string of the molecule is CCCCC#C[C@H](O)c1ccccc1OCC. The van der Waals surface area contributed by atoms with Crippen molar-refractivity contribution in [1.82, 2.24) is 0 Å². The Labute approximate surface area is 104 Å². The van der Waals surface area contributed by atoms with Gasteiger partial charge in [-0.15, -0.1) is 5.92 Å². The van der Waals surface area contributed by atoms with E-state index in [0.29, 0.717) is 12.4 Å². The van der Waals surface area contributed by atoms with Gasteiger partial charge in [-0.1, -0.05) is 37.5 Å². The van der Waals surface area contributed by atoms with Gasteiger partial charge in [-0.05, 0) is 19.4 Å². The van der Waals surface area contributed by atoms with Crippen LogP contribution in [0.25, 0.3) is 0 Å². The summed E-state index contributed by atoms with van der Waals surface area (Å²) in [6, 6.07) is 7.49. The Balaban J connectivity index is 2.72. The van der Waals surface area contributed by atoms with Crippen LogP contribution >= 0.6 is 0 Å². The van der Waals surface area contributed by atoms with Crippen molar-refractivity contribution in [3.63, 3.8) is 0 Å². The minimum absolute atomic E-state index is 0.590. The smallest absolute Gasteiger partial charge is 0.143 e. The van der Waals surface area contributed by atoms with Gasteiger partial charge >= 0.3 is 0 Å². The maximum atomic E-state index is 9.97. The molecule has 1 rings (SSSR count). The second-order valence-electron chi connectivity index (χ2n) is 3.80. The highest BCUT2D eigenvalue weighted by Crippen LogP contribution is 2.24. The van der Waals surface area contributed by atoms with Crippen LogP contribution in [0.1, 0.15) is 44.8 Å². The number of rotatable bonds is 5. The van der Waals surface area contributed by atoms with E-state index in [4.69, 9.17) is 4.74 Å².